The second-order valence-electron chi connectivity index (χ2n) is 3.04. The van der Waals surface area contributed by atoms with Crippen molar-refractivity contribution in [2.45, 2.75) is 23.2 Å². The summed E-state index contributed by atoms with van der Waals surface area (Å²) in [4.78, 5) is 0. The van der Waals surface area contributed by atoms with Crippen LogP contribution in [-0.2, 0) is 3.07 Å². The van der Waals surface area contributed by atoms with Crippen LogP contribution in [0.3, 0.4) is 0 Å². The second kappa shape index (κ2) is 5.21. The lowest BCUT2D eigenvalue weighted by Gasteiger charge is -2.41. The van der Waals surface area contributed by atoms with Crippen LogP contribution in [0.4, 0.5) is 0 Å². The van der Waals surface area contributed by atoms with Crippen molar-refractivity contribution in [3.05, 3.63) is 0 Å². The first-order valence-electron chi connectivity index (χ1n) is 3.64. The van der Waals surface area contributed by atoms with Gasteiger partial charge < -0.3 is 5.73 Å². The highest BCUT2D eigenvalue weighted by Crippen LogP contribution is 2.34. The highest BCUT2D eigenvalue weighted by Gasteiger charge is 2.45. The molecule has 1 atom stereocenters. The van der Waals surface area contributed by atoms with Gasteiger partial charge in [0.25, 0.3) is 0 Å². The van der Waals surface area contributed by atoms with Crippen molar-refractivity contribution in [2.75, 3.05) is 0 Å². The fraction of sp³-hybridized carbons (Fsp3) is 0.714. The van der Waals surface area contributed by atoms with Crippen LogP contribution in [0.1, 0.15) is 13.8 Å². The fourth-order valence-electron chi connectivity index (χ4n) is 0.859. The Morgan fingerprint density at radius 3 is 1.92 bits per heavy atom. The van der Waals surface area contributed by atoms with E-state index in [-0.39, 0.29) is 5.92 Å². The predicted molar refractivity (Wildman–Crippen MR) is 76.2 cm³/mol. The van der Waals surface area contributed by atoms with Crippen molar-refractivity contribution >= 4 is 50.9 Å². The van der Waals surface area contributed by atoms with Gasteiger partial charge in [-0.3, -0.25) is 14.5 Å². The molecule has 4 nitrogen and oxygen atoms in total. The molecular weight excluding hydrogens is 396 g/mol. The highest BCUT2D eigenvalue weighted by atomic mass is 127. The second-order valence-corrected chi connectivity index (χ2v) is 6.65. The molecule has 80 valence electrons. The summed E-state index contributed by atoms with van der Waals surface area (Å²) in [7, 11) is 0. The van der Waals surface area contributed by atoms with E-state index in [2.05, 4.69) is 9.03 Å². The number of nitrogens with two attached hydrogens (primary N) is 3. The van der Waals surface area contributed by atoms with Crippen molar-refractivity contribution in [1.29, 1.82) is 0 Å². The average Bonchev–Trinajstić information content (AvgIpc) is 2.02. The molecule has 0 aliphatic carbocycles. The first kappa shape index (κ1) is 14.0. The Morgan fingerprint density at radius 1 is 1.23 bits per heavy atom. The molecule has 0 saturated heterocycles. The van der Waals surface area contributed by atoms with Crippen molar-refractivity contribution < 1.29 is 3.07 Å². The van der Waals surface area contributed by atoms with Crippen LogP contribution < -0.4 is 17.2 Å². The van der Waals surface area contributed by atoms with Crippen LogP contribution in [0.5, 0.6) is 0 Å². The number of hydrogen-bond donors (Lipinski definition) is 3. The van der Waals surface area contributed by atoms with Crippen molar-refractivity contribution in [3.8, 4) is 0 Å². The zero-order valence-electron chi connectivity index (χ0n) is 7.89. The molecule has 0 bridgehead atoms. The SMILES string of the molecule is C=IOC(N)(N)C(N)(I=C)C(C)C. The quantitative estimate of drug-likeness (QED) is 0.267. The molecule has 0 rings (SSSR count). The van der Waals surface area contributed by atoms with Crippen LogP contribution in [0, 0.1) is 5.92 Å². The number of rotatable bonds is 5. The van der Waals surface area contributed by atoms with Gasteiger partial charge in [0.05, 0.1) is 0 Å². The molecule has 0 amide bonds. The molecular formula is C7H17I2N3O. The third-order valence-electron chi connectivity index (χ3n) is 1.84. The average molecular weight is 413 g/mol. The van der Waals surface area contributed by atoms with E-state index in [4.69, 9.17) is 20.3 Å². The van der Waals surface area contributed by atoms with Gasteiger partial charge in [0, 0.05) is 21.1 Å². The molecule has 0 spiro atoms. The third kappa shape index (κ3) is 2.99. The lowest BCUT2D eigenvalue weighted by molar-refractivity contribution is 0.0756. The maximum atomic E-state index is 6.11. The smallest absolute Gasteiger partial charge is 0.208 e. The maximum Gasteiger partial charge on any atom is 0.208 e. The van der Waals surface area contributed by atoms with Gasteiger partial charge in [0.1, 0.15) is 3.55 Å². The molecule has 0 aromatic rings. The van der Waals surface area contributed by atoms with E-state index in [1.165, 1.54) is 0 Å². The standard InChI is InChI=1S/C7H17I2N3O/c1-5(2)6(10,8-3)7(11,12)13-9-4/h5H,3-4,10-12H2,1-2H3. The fourth-order valence-corrected chi connectivity index (χ4v) is 3.75. The molecule has 0 radical (unpaired) electrons. The van der Waals surface area contributed by atoms with Gasteiger partial charge in [-0.15, -0.1) is 20.7 Å². The topological polar surface area (TPSA) is 87.3 Å². The number of hydrogen-bond acceptors (Lipinski definition) is 4. The number of halogens is 2. The van der Waals surface area contributed by atoms with Crippen LogP contribution in [0.25, 0.3) is 0 Å². The minimum atomic E-state index is -1.27. The Morgan fingerprint density at radius 2 is 1.69 bits per heavy atom. The first-order valence-corrected chi connectivity index (χ1v) is 8.65. The Labute approximate surface area is 99.6 Å². The summed E-state index contributed by atoms with van der Waals surface area (Å²) in [5.74, 6) is -1.12. The summed E-state index contributed by atoms with van der Waals surface area (Å²) in [5.41, 5.74) is 17.8. The normalized spacial score (nSPS) is 17.4. The summed E-state index contributed by atoms with van der Waals surface area (Å²) in [6, 6.07) is 0. The molecule has 0 aromatic carbocycles. The Balaban J connectivity index is 4.93. The van der Waals surface area contributed by atoms with E-state index in [9.17, 15) is 0 Å². The zero-order chi connectivity index (χ0) is 10.7. The maximum absolute atomic E-state index is 6.11. The lowest BCUT2D eigenvalue weighted by atomic mass is 10.0. The van der Waals surface area contributed by atoms with Gasteiger partial charge in [0.15, 0.2) is 0 Å². The molecule has 0 aliphatic rings. The van der Waals surface area contributed by atoms with Crippen LogP contribution in [-0.4, -0.2) is 18.4 Å². The Hall–Kier alpha value is 1.04. The summed E-state index contributed by atoms with van der Waals surface area (Å²) in [6.07, 6.45) is 0. The lowest BCUT2D eigenvalue weighted by Crippen LogP contribution is -2.71. The van der Waals surface area contributed by atoms with Gasteiger partial charge >= 0.3 is 0 Å². The molecule has 13 heavy (non-hydrogen) atoms. The van der Waals surface area contributed by atoms with Gasteiger partial charge in [-0.25, -0.2) is 0 Å². The summed E-state index contributed by atoms with van der Waals surface area (Å²) >= 11 is -1.21. The molecule has 1 unspecified atom stereocenters. The summed E-state index contributed by atoms with van der Waals surface area (Å²) < 4.78 is 12.1. The zero-order valence-corrected chi connectivity index (χ0v) is 12.2. The van der Waals surface area contributed by atoms with Crippen LogP contribution >= 0.6 is 41.9 Å². The Kier molecular flexibility index (Phi) is 5.63. The van der Waals surface area contributed by atoms with Gasteiger partial charge in [-0.2, -0.15) is 0 Å². The van der Waals surface area contributed by atoms with Crippen LogP contribution in [0.2, 0.25) is 0 Å². The van der Waals surface area contributed by atoms with Gasteiger partial charge in [-0.1, -0.05) is 18.4 Å². The minimum absolute atomic E-state index is 0.156. The molecule has 0 fully saturated rings. The van der Waals surface area contributed by atoms with Gasteiger partial charge in [-0.05, 0) is 10.4 Å². The first-order chi connectivity index (χ1) is 5.81. The van der Waals surface area contributed by atoms with E-state index < -0.39 is 51.3 Å². The van der Waals surface area contributed by atoms with Crippen molar-refractivity contribution in [3.63, 3.8) is 0 Å². The molecule has 0 aliphatic heterocycles. The van der Waals surface area contributed by atoms with E-state index in [1.807, 2.05) is 13.8 Å². The van der Waals surface area contributed by atoms with E-state index in [0.717, 1.165) is 0 Å². The third-order valence-corrected chi connectivity index (χ3v) is 6.23. The molecule has 0 aromatic heterocycles. The largest absolute Gasteiger partial charge is 0.312 e. The molecule has 6 heteroatoms. The van der Waals surface area contributed by atoms with Crippen LogP contribution in [0.15, 0.2) is 0 Å². The van der Waals surface area contributed by atoms with E-state index in [0.29, 0.717) is 0 Å². The Bertz CT molecular complexity index is 208. The predicted octanol–water partition coefficient (Wildman–Crippen LogP) is 0.606. The van der Waals surface area contributed by atoms with Gasteiger partial charge in [0.2, 0.25) is 5.85 Å². The van der Waals surface area contributed by atoms with Crippen molar-refractivity contribution in [1.82, 2.24) is 0 Å². The minimum Gasteiger partial charge on any atom is -0.312 e. The molecule has 0 heterocycles. The monoisotopic (exact) mass is 413 g/mol. The molecule has 0 saturated carbocycles. The highest BCUT2D eigenvalue weighted by molar-refractivity contribution is 14.2. The molecule has 6 N–H and O–H groups in total. The summed E-state index contributed by atoms with van der Waals surface area (Å²) in [5, 5.41) is 0. The van der Waals surface area contributed by atoms with E-state index >= 15 is 0 Å². The number of alkyl halides is 1. The van der Waals surface area contributed by atoms with E-state index in [1.54, 1.807) is 0 Å². The summed E-state index contributed by atoms with van der Waals surface area (Å²) in [6.45, 7) is 3.95. The van der Waals surface area contributed by atoms with Crippen molar-refractivity contribution in [2.24, 2.45) is 23.1 Å².